The normalized spacial score (nSPS) is 14.5. The Bertz CT molecular complexity index is 369. The summed E-state index contributed by atoms with van der Waals surface area (Å²) in [4.78, 5) is 5.10. The Hall–Kier alpha value is -1.31. The van der Waals surface area contributed by atoms with Crippen LogP contribution in [0.1, 0.15) is 13.8 Å². The first-order valence-electron chi connectivity index (χ1n) is 4.27. The van der Waals surface area contributed by atoms with Gasteiger partial charge in [0.05, 0.1) is 5.25 Å². The van der Waals surface area contributed by atoms with Gasteiger partial charge >= 0.3 is 0 Å². The number of sulfonamides is 1. The Morgan fingerprint density at radius 3 is 2.07 bits per heavy atom. The average Bonchev–Trinajstić information content (AvgIpc) is 2.01. The topological polar surface area (TPSA) is 114 Å². The Labute approximate surface area is 89.9 Å². The maximum absolute atomic E-state index is 11.3. The molecule has 0 saturated heterocycles. The van der Waals surface area contributed by atoms with Gasteiger partial charge in [0.1, 0.15) is 0 Å². The van der Waals surface area contributed by atoms with Gasteiger partial charge in [-0.05, 0) is 13.8 Å². The lowest BCUT2D eigenvalue weighted by molar-refractivity contribution is 0.589. The fraction of sp³-hybridized carbons (Fsp3) is 0.714. The third-order valence-corrected chi connectivity index (χ3v) is 3.14. The Balaban J connectivity index is 4.97. The first kappa shape index (κ1) is 13.7. The Kier molecular flexibility index (Phi) is 4.53. The van der Waals surface area contributed by atoms with Gasteiger partial charge in [0.2, 0.25) is 5.96 Å². The summed E-state index contributed by atoms with van der Waals surface area (Å²) in [5, 5.41) is -0.633. The van der Waals surface area contributed by atoms with E-state index in [0.29, 0.717) is 0 Å². The lowest BCUT2D eigenvalue weighted by Gasteiger charge is -2.09. The van der Waals surface area contributed by atoms with Gasteiger partial charge in [-0.25, -0.2) is 8.42 Å². The number of guanidine groups is 2. The van der Waals surface area contributed by atoms with Crippen molar-refractivity contribution in [2.24, 2.45) is 20.9 Å². The minimum Gasteiger partial charge on any atom is -0.369 e. The third kappa shape index (κ3) is 4.63. The van der Waals surface area contributed by atoms with Gasteiger partial charge in [0.25, 0.3) is 10.0 Å². The summed E-state index contributed by atoms with van der Waals surface area (Å²) in [6, 6.07) is 0. The van der Waals surface area contributed by atoms with E-state index in [1.807, 2.05) is 0 Å². The molecule has 0 fully saturated rings. The molecule has 0 atom stereocenters. The van der Waals surface area contributed by atoms with Crippen molar-refractivity contribution in [1.82, 2.24) is 4.90 Å². The zero-order valence-corrected chi connectivity index (χ0v) is 10.1. The molecule has 0 saturated carbocycles. The minimum absolute atomic E-state index is 0.0928. The van der Waals surface area contributed by atoms with Gasteiger partial charge in [-0.1, -0.05) is 0 Å². The molecule has 88 valence electrons. The zero-order valence-electron chi connectivity index (χ0n) is 9.30. The van der Waals surface area contributed by atoms with Crippen LogP contribution in [-0.4, -0.2) is 44.6 Å². The minimum atomic E-state index is -3.59. The summed E-state index contributed by atoms with van der Waals surface area (Å²) in [6.07, 6.45) is 0. The standard InChI is InChI=1S/C7H17N5O2S/c1-5(2)15(13,14)11-6(8)10-7(9)12(3)4/h5H,1-4H3,(H4,8,9,10,11). The highest BCUT2D eigenvalue weighted by molar-refractivity contribution is 7.90. The molecular weight excluding hydrogens is 218 g/mol. The molecular formula is C7H17N5O2S. The number of hydrogen-bond donors (Lipinski definition) is 2. The number of rotatable bonds is 2. The maximum Gasteiger partial charge on any atom is 0.258 e. The van der Waals surface area contributed by atoms with Crippen LogP contribution in [0.4, 0.5) is 0 Å². The summed E-state index contributed by atoms with van der Waals surface area (Å²) >= 11 is 0. The molecule has 8 heteroatoms. The van der Waals surface area contributed by atoms with Crippen LogP contribution in [0.25, 0.3) is 0 Å². The first-order valence-corrected chi connectivity index (χ1v) is 5.78. The van der Waals surface area contributed by atoms with Crippen molar-refractivity contribution in [1.29, 1.82) is 0 Å². The molecule has 7 nitrogen and oxygen atoms in total. The van der Waals surface area contributed by atoms with Crippen molar-refractivity contribution in [2.45, 2.75) is 19.1 Å². The van der Waals surface area contributed by atoms with Crippen molar-refractivity contribution in [3.8, 4) is 0 Å². The van der Waals surface area contributed by atoms with E-state index >= 15 is 0 Å². The van der Waals surface area contributed by atoms with Crippen molar-refractivity contribution in [3.63, 3.8) is 0 Å². The molecule has 0 aromatic rings. The lowest BCUT2D eigenvalue weighted by Crippen LogP contribution is -2.32. The molecule has 0 heterocycles. The van der Waals surface area contributed by atoms with Crippen LogP contribution in [0.3, 0.4) is 0 Å². The highest BCUT2D eigenvalue weighted by Crippen LogP contribution is 2.01. The predicted octanol–water partition coefficient (Wildman–Crippen LogP) is -1.08. The third-order valence-electron chi connectivity index (χ3n) is 1.50. The summed E-state index contributed by atoms with van der Waals surface area (Å²) in [7, 11) is -0.275. The largest absolute Gasteiger partial charge is 0.369 e. The molecule has 0 aliphatic rings. The summed E-state index contributed by atoms with van der Waals surface area (Å²) in [5.74, 6) is -0.273. The SMILES string of the molecule is CC(C)S(=O)(=O)/N=C(N)/N=C(\N)N(C)C. The number of hydrogen-bond acceptors (Lipinski definition) is 2. The van der Waals surface area contributed by atoms with Crippen LogP contribution in [0.5, 0.6) is 0 Å². The van der Waals surface area contributed by atoms with E-state index in [-0.39, 0.29) is 11.9 Å². The van der Waals surface area contributed by atoms with E-state index in [1.165, 1.54) is 18.7 Å². The molecule has 4 N–H and O–H groups in total. The molecule has 15 heavy (non-hydrogen) atoms. The van der Waals surface area contributed by atoms with Gasteiger partial charge in [0.15, 0.2) is 5.96 Å². The highest BCUT2D eigenvalue weighted by Gasteiger charge is 2.14. The van der Waals surface area contributed by atoms with E-state index in [0.717, 1.165) is 0 Å². The first-order chi connectivity index (χ1) is 6.66. The molecule has 0 bridgehead atoms. The molecule has 0 amide bonds. The van der Waals surface area contributed by atoms with Crippen LogP contribution < -0.4 is 11.5 Å². The lowest BCUT2D eigenvalue weighted by atomic mass is 10.6. The van der Waals surface area contributed by atoms with Crippen LogP contribution in [0.15, 0.2) is 9.39 Å². The summed E-state index contributed by atoms with van der Waals surface area (Å²) in [5.41, 5.74) is 10.7. The van der Waals surface area contributed by atoms with E-state index < -0.39 is 15.3 Å². The molecule has 0 aliphatic carbocycles. The Morgan fingerprint density at radius 1 is 1.27 bits per heavy atom. The van der Waals surface area contributed by atoms with Gasteiger partial charge < -0.3 is 16.4 Å². The Morgan fingerprint density at radius 2 is 1.73 bits per heavy atom. The van der Waals surface area contributed by atoms with E-state index in [1.54, 1.807) is 14.1 Å². The average molecular weight is 235 g/mol. The fourth-order valence-electron chi connectivity index (χ4n) is 0.474. The van der Waals surface area contributed by atoms with Crippen LogP contribution in [0, 0.1) is 0 Å². The van der Waals surface area contributed by atoms with E-state index in [4.69, 9.17) is 11.5 Å². The number of aliphatic imine (C=N–C) groups is 1. The van der Waals surface area contributed by atoms with Crippen molar-refractivity contribution >= 4 is 21.9 Å². The molecule has 0 radical (unpaired) electrons. The molecule has 0 unspecified atom stereocenters. The van der Waals surface area contributed by atoms with Gasteiger partial charge in [0, 0.05) is 14.1 Å². The van der Waals surface area contributed by atoms with E-state index in [9.17, 15) is 8.42 Å². The second kappa shape index (κ2) is 4.96. The van der Waals surface area contributed by atoms with Crippen molar-refractivity contribution in [3.05, 3.63) is 0 Å². The highest BCUT2D eigenvalue weighted by atomic mass is 32.2. The summed E-state index contributed by atoms with van der Waals surface area (Å²) in [6.45, 7) is 3.01. The molecule has 0 spiro atoms. The smallest absolute Gasteiger partial charge is 0.258 e. The maximum atomic E-state index is 11.3. The van der Waals surface area contributed by atoms with Crippen LogP contribution in [0.2, 0.25) is 0 Å². The predicted molar refractivity (Wildman–Crippen MR) is 61.0 cm³/mol. The molecule has 0 aliphatic heterocycles. The molecule has 0 aromatic heterocycles. The van der Waals surface area contributed by atoms with Gasteiger partial charge in [-0.15, -0.1) is 4.40 Å². The van der Waals surface area contributed by atoms with Gasteiger partial charge in [-0.2, -0.15) is 4.99 Å². The van der Waals surface area contributed by atoms with Crippen LogP contribution in [-0.2, 0) is 10.0 Å². The number of nitrogens with zero attached hydrogens (tertiary/aromatic N) is 3. The summed E-state index contributed by atoms with van der Waals surface area (Å²) < 4.78 is 25.9. The fourth-order valence-corrected chi connectivity index (χ4v) is 0.986. The monoisotopic (exact) mass is 235 g/mol. The van der Waals surface area contributed by atoms with Crippen LogP contribution >= 0.6 is 0 Å². The van der Waals surface area contributed by atoms with Crippen molar-refractivity contribution in [2.75, 3.05) is 14.1 Å². The second-order valence-corrected chi connectivity index (χ2v) is 5.53. The van der Waals surface area contributed by atoms with Crippen molar-refractivity contribution < 1.29 is 8.42 Å². The zero-order chi connectivity index (χ0) is 12.2. The number of nitrogens with two attached hydrogens (primary N) is 2. The molecule has 0 rings (SSSR count). The van der Waals surface area contributed by atoms with E-state index in [2.05, 4.69) is 9.39 Å². The van der Waals surface area contributed by atoms with Gasteiger partial charge in [-0.3, -0.25) is 0 Å². The second-order valence-electron chi connectivity index (χ2n) is 3.38. The quantitative estimate of drug-likeness (QED) is 0.466. The molecule has 0 aromatic carbocycles.